The zero-order chi connectivity index (χ0) is 15.0. The number of carbonyl (C=O) groups excluding carboxylic acids is 1. The van der Waals surface area contributed by atoms with Gasteiger partial charge >= 0.3 is 5.97 Å². The molecule has 2 unspecified atom stereocenters. The highest BCUT2D eigenvalue weighted by Gasteiger charge is 2.24. The minimum absolute atomic E-state index is 0.191. The second-order valence-electron chi connectivity index (χ2n) is 5.60. The minimum atomic E-state index is -0.269. The van der Waals surface area contributed by atoms with E-state index in [1.54, 1.807) is 0 Å². The fourth-order valence-corrected chi connectivity index (χ4v) is 2.24. The Morgan fingerprint density at radius 3 is 2.16 bits per heavy atom. The first-order valence-electron chi connectivity index (χ1n) is 7.04. The summed E-state index contributed by atoms with van der Waals surface area (Å²) in [6.07, 6.45) is 0. The third-order valence-corrected chi connectivity index (χ3v) is 3.10. The molecule has 0 saturated heterocycles. The van der Waals surface area contributed by atoms with Crippen LogP contribution >= 0.6 is 0 Å². The molecule has 0 aromatic carbocycles. The van der Waals surface area contributed by atoms with Crippen LogP contribution in [0.3, 0.4) is 0 Å². The number of methoxy groups -OCH3 is 1. The molecule has 0 fully saturated rings. The number of likely N-dealkylation sites (N-methyl/N-ethyl adjacent to an activating group) is 2. The van der Waals surface area contributed by atoms with Crippen molar-refractivity contribution in [2.24, 2.45) is 0 Å². The zero-order valence-corrected chi connectivity index (χ0v) is 13.6. The monoisotopic (exact) mass is 273 g/mol. The molecule has 0 aromatic heterocycles. The summed E-state index contributed by atoms with van der Waals surface area (Å²) in [5, 5.41) is 3.27. The summed E-state index contributed by atoms with van der Waals surface area (Å²) in [7, 11) is 5.57. The Balaban J connectivity index is 4.62. The van der Waals surface area contributed by atoms with Crippen LogP contribution in [-0.4, -0.2) is 74.7 Å². The highest BCUT2D eigenvalue weighted by molar-refractivity contribution is 5.76. The van der Waals surface area contributed by atoms with Gasteiger partial charge in [-0.25, -0.2) is 0 Å². The van der Waals surface area contributed by atoms with E-state index in [4.69, 9.17) is 4.74 Å². The summed E-state index contributed by atoms with van der Waals surface area (Å²) >= 11 is 0. The van der Waals surface area contributed by atoms with Gasteiger partial charge in [0, 0.05) is 25.2 Å². The van der Waals surface area contributed by atoms with Crippen LogP contribution in [0.1, 0.15) is 27.7 Å². The third-order valence-electron chi connectivity index (χ3n) is 3.10. The maximum Gasteiger partial charge on any atom is 0.324 e. The van der Waals surface area contributed by atoms with Crippen molar-refractivity contribution in [1.29, 1.82) is 0 Å². The second-order valence-corrected chi connectivity index (χ2v) is 5.60. The third kappa shape index (κ3) is 7.50. The smallest absolute Gasteiger partial charge is 0.324 e. The lowest BCUT2D eigenvalue weighted by molar-refractivity contribution is -0.144. The average Bonchev–Trinajstić information content (AvgIpc) is 2.31. The number of nitrogens with zero attached hydrogens (tertiary/aromatic N) is 2. The Hall–Kier alpha value is -0.650. The number of carbonyl (C=O) groups is 1. The number of ether oxygens (including phenoxy) is 1. The van der Waals surface area contributed by atoms with E-state index in [2.05, 4.69) is 43.1 Å². The predicted molar refractivity (Wildman–Crippen MR) is 79.3 cm³/mol. The summed E-state index contributed by atoms with van der Waals surface area (Å²) in [5.41, 5.74) is 0. The normalized spacial score (nSPS) is 15.1. The first-order valence-corrected chi connectivity index (χ1v) is 7.04. The van der Waals surface area contributed by atoms with Gasteiger partial charge in [-0.2, -0.15) is 0 Å². The van der Waals surface area contributed by atoms with Gasteiger partial charge in [0.25, 0.3) is 0 Å². The number of esters is 1. The maximum atomic E-state index is 11.8. The summed E-state index contributed by atoms with van der Waals surface area (Å²) < 4.78 is 4.88. The van der Waals surface area contributed by atoms with Crippen LogP contribution in [0.15, 0.2) is 0 Å². The predicted octanol–water partition coefficient (Wildman–Crippen LogP) is 0.798. The number of nitrogens with one attached hydrogen (secondary N) is 1. The van der Waals surface area contributed by atoms with Crippen molar-refractivity contribution in [3.8, 4) is 0 Å². The molecule has 0 aliphatic rings. The molecule has 0 aliphatic carbocycles. The molecule has 0 aliphatic heterocycles. The highest BCUT2D eigenvalue weighted by Crippen LogP contribution is 2.04. The van der Waals surface area contributed by atoms with E-state index >= 15 is 0 Å². The molecular weight excluding hydrogens is 242 g/mol. The standard InChI is InChI=1S/C14H31N3O2/c1-8-17(12(4)9-16(5)6)10-13(14(18)19-7)15-11(2)3/h11-13,15H,8-10H2,1-7H3. The van der Waals surface area contributed by atoms with Gasteiger partial charge in [0.2, 0.25) is 0 Å². The minimum Gasteiger partial charge on any atom is -0.468 e. The van der Waals surface area contributed by atoms with Crippen molar-refractivity contribution in [2.75, 3.05) is 40.8 Å². The Morgan fingerprint density at radius 1 is 1.21 bits per heavy atom. The molecular formula is C14H31N3O2. The van der Waals surface area contributed by atoms with Gasteiger partial charge < -0.3 is 15.0 Å². The molecule has 0 rings (SSSR count). The highest BCUT2D eigenvalue weighted by atomic mass is 16.5. The quantitative estimate of drug-likeness (QED) is 0.630. The molecule has 0 heterocycles. The number of hydrogen-bond acceptors (Lipinski definition) is 5. The average molecular weight is 273 g/mol. The van der Waals surface area contributed by atoms with Gasteiger partial charge in [-0.05, 0) is 27.6 Å². The summed E-state index contributed by atoms with van der Waals surface area (Å²) in [6, 6.07) is 0.391. The van der Waals surface area contributed by atoms with Crippen molar-refractivity contribution in [2.45, 2.75) is 45.8 Å². The van der Waals surface area contributed by atoms with Gasteiger partial charge in [-0.1, -0.05) is 20.8 Å². The van der Waals surface area contributed by atoms with Gasteiger partial charge in [0.15, 0.2) is 0 Å². The van der Waals surface area contributed by atoms with E-state index in [1.807, 2.05) is 13.8 Å². The van der Waals surface area contributed by atoms with Crippen LogP contribution in [0.25, 0.3) is 0 Å². The zero-order valence-electron chi connectivity index (χ0n) is 13.6. The molecule has 2 atom stereocenters. The van der Waals surface area contributed by atoms with Gasteiger partial charge in [0.1, 0.15) is 6.04 Å². The van der Waals surface area contributed by atoms with E-state index in [-0.39, 0.29) is 18.1 Å². The lowest BCUT2D eigenvalue weighted by Crippen LogP contribution is -2.52. The molecule has 0 saturated carbocycles. The van der Waals surface area contributed by atoms with E-state index in [1.165, 1.54) is 7.11 Å². The Labute approximate surface area is 118 Å². The van der Waals surface area contributed by atoms with Crippen LogP contribution in [0, 0.1) is 0 Å². The molecule has 0 spiro atoms. The summed E-state index contributed by atoms with van der Waals surface area (Å²) in [6.45, 7) is 11.0. The molecule has 114 valence electrons. The van der Waals surface area contributed by atoms with Crippen molar-refractivity contribution in [3.63, 3.8) is 0 Å². The molecule has 19 heavy (non-hydrogen) atoms. The molecule has 5 heteroatoms. The Morgan fingerprint density at radius 2 is 1.79 bits per heavy atom. The maximum absolute atomic E-state index is 11.8. The largest absolute Gasteiger partial charge is 0.468 e. The van der Waals surface area contributed by atoms with Crippen molar-refractivity contribution < 1.29 is 9.53 Å². The number of hydrogen-bond donors (Lipinski definition) is 1. The fraction of sp³-hybridized carbons (Fsp3) is 0.929. The lowest BCUT2D eigenvalue weighted by atomic mass is 10.2. The van der Waals surface area contributed by atoms with E-state index < -0.39 is 0 Å². The van der Waals surface area contributed by atoms with E-state index in [0.717, 1.165) is 13.1 Å². The summed E-state index contributed by atoms with van der Waals surface area (Å²) in [4.78, 5) is 16.3. The van der Waals surface area contributed by atoms with E-state index in [0.29, 0.717) is 12.6 Å². The first kappa shape index (κ1) is 18.4. The molecule has 0 amide bonds. The number of rotatable bonds is 9. The first-order chi connectivity index (χ1) is 8.81. The van der Waals surface area contributed by atoms with Crippen LogP contribution in [0.4, 0.5) is 0 Å². The van der Waals surface area contributed by atoms with Crippen LogP contribution in [-0.2, 0) is 9.53 Å². The lowest BCUT2D eigenvalue weighted by Gasteiger charge is -2.33. The second kappa shape index (κ2) is 9.28. The summed E-state index contributed by atoms with van der Waals surface area (Å²) in [5.74, 6) is -0.191. The van der Waals surface area contributed by atoms with Gasteiger partial charge in [-0.15, -0.1) is 0 Å². The molecule has 5 nitrogen and oxygen atoms in total. The van der Waals surface area contributed by atoms with Gasteiger partial charge in [-0.3, -0.25) is 9.69 Å². The van der Waals surface area contributed by atoms with Crippen molar-refractivity contribution >= 4 is 5.97 Å². The SMILES string of the molecule is CCN(CC(NC(C)C)C(=O)OC)C(C)CN(C)C. The van der Waals surface area contributed by atoms with Crippen LogP contribution in [0.5, 0.6) is 0 Å². The fourth-order valence-electron chi connectivity index (χ4n) is 2.24. The van der Waals surface area contributed by atoms with Crippen LogP contribution in [0.2, 0.25) is 0 Å². The van der Waals surface area contributed by atoms with Gasteiger partial charge in [0.05, 0.1) is 7.11 Å². The molecule has 0 aromatic rings. The van der Waals surface area contributed by atoms with Crippen LogP contribution < -0.4 is 5.32 Å². The topological polar surface area (TPSA) is 44.8 Å². The molecule has 0 bridgehead atoms. The Bertz CT molecular complexity index is 257. The van der Waals surface area contributed by atoms with Crippen molar-refractivity contribution in [3.05, 3.63) is 0 Å². The molecule has 1 N–H and O–H groups in total. The molecule has 0 radical (unpaired) electrons. The Kier molecular flexibility index (Phi) is 8.97. The van der Waals surface area contributed by atoms with E-state index in [9.17, 15) is 4.79 Å². The van der Waals surface area contributed by atoms with Crippen molar-refractivity contribution in [1.82, 2.24) is 15.1 Å².